The van der Waals surface area contributed by atoms with Gasteiger partial charge in [-0.25, -0.2) is 5.43 Å². The summed E-state index contributed by atoms with van der Waals surface area (Å²) in [6.45, 7) is -0.215. The zero-order valence-electron chi connectivity index (χ0n) is 13.1. The maximum absolute atomic E-state index is 11.8. The van der Waals surface area contributed by atoms with Gasteiger partial charge in [-0.15, -0.1) is 0 Å². The van der Waals surface area contributed by atoms with Crippen molar-refractivity contribution in [3.8, 4) is 5.75 Å². The molecular weight excluding hydrogens is 359 g/mol. The second kappa shape index (κ2) is 8.01. The molecule has 3 aromatic carbocycles. The second-order valence-electron chi connectivity index (χ2n) is 5.20. The zero-order valence-corrected chi connectivity index (χ0v) is 14.6. The van der Waals surface area contributed by atoms with E-state index in [0.717, 1.165) is 16.3 Å². The van der Waals surface area contributed by atoms with E-state index in [1.54, 1.807) is 24.4 Å². The van der Waals surface area contributed by atoms with Gasteiger partial charge in [0.15, 0.2) is 6.61 Å². The molecule has 4 nitrogen and oxygen atoms in total. The van der Waals surface area contributed by atoms with Crippen molar-refractivity contribution >= 4 is 46.1 Å². The van der Waals surface area contributed by atoms with Crippen LogP contribution >= 0.6 is 23.2 Å². The van der Waals surface area contributed by atoms with Crippen molar-refractivity contribution in [2.24, 2.45) is 5.10 Å². The van der Waals surface area contributed by atoms with E-state index < -0.39 is 5.91 Å². The van der Waals surface area contributed by atoms with E-state index in [0.29, 0.717) is 10.8 Å². The Kier molecular flexibility index (Phi) is 5.53. The van der Waals surface area contributed by atoms with Gasteiger partial charge in [-0.3, -0.25) is 4.79 Å². The summed E-state index contributed by atoms with van der Waals surface area (Å²) in [7, 11) is 0. The quantitative estimate of drug-likeness (QED) is 0.522. The van der Waals surface area contributed by atoms with Crippen molar-refractivity contribution < 1.29 is 9.53 Å². The smallest absolute Gasteiger partial charge is 0.277 e. The number of fused-ring (bicyclic) bond motifs is 1. The third-order valence-corrected chi connectivity index (χ3v) is 4.29. The van der Waals surface area contributed by atoms with Crippen LogP contribution in [0.3, 0.4) is 0 Å². The summed E-state index contributed by atoms with van der Waals surface area (Å²) in [5.41, 5.74) is 3.34. The maximum atomic E-state index is 11.8. The maximum Gasteiger partial charge on any atom is 0.277 e. The molecule has 0 saturated carbocycles. The molecule has 0 radical (unpaired) electrons. The van der Waals surface area contributed by atoms with Crippen LogP contribution in [0.4, 0.5) is 0 Å². The summed E-state index contributed by atoms with van der Waals surface area (Å²) in [5.74, 6) is -0.0464. The van der Waals surface area contributed by atoms with Crippen LogP contribution < -0.4 is 10.2 Å². The molecule has 126 valence electrons. The molecular formula is C19H14Cl2N2O2. The van der Waals surface area contributed by atoms with Crippen molar-refractivity contribution in [1.82, 2.24) is 5.43 Å². The normalized spacial score (nSPS) is 11.0. The van der Waals surface area contributed by atoms with Crippen LogP contribution in [0.15, 0.2) is 65.8 Å². The number of carbonyl (C=O) groups excluding carboxylic acids is 1. The predicted molar refractivity (Wildman–Crippen MR) is 102 cm³/mol. The molecule has 0 saturated heterocycles. The van der Waals surface area contributed by atoms with Gasteiger partial charge in [-0.1, -0.05) is 71.7 Å². The highest BCUT2D eigenvalue weighted by Crippen LogP contribution is 2.31. The standard InChI is InChI=1S/C19H14Cl2N2O2/c20-16-9-4-10-17(19(16)21)25-12-18(24)23-22-11-14-7-3-6-13-5-1-2-8-15(13)14/h1-11H,12H2,(H,23,24)/b22-11+. The van der Waals surface area contributed by atoms with Crippen LogP contribution in [-0.2, 0) is 4.79 Å². The minimum absolute atomic E-state index is 0.215. The first kappa shape index (κ1) is 17.3. The van der Waals surface area contributed by atoms with Crippen LogP contribution in [-0.4, -0.2) is 18.7 Å². The lowest BCUT2D eigenvalue weighted by molar-refractivity contribution is -0.123. The SMILES string of the molecule is O=C(COc1cccc(Cl)c1Cl)N/N=C/c1cccc2ccccc12. The Hall–Kier alpha value is -2.56. The van der Waals surface area contributed by atoms with Gasteiger partial charge in [0.25, 0.3) is 5.91 Å². The Morgan fingerprint density at radius 3 is 2.68 bits per heavy atom. The van der Waals surface area contributed by atoms with Crippen molar-refractivity contribution in [3.05, 3.63) is 76.3 Å². The summed E-state index contributed by atoms with van der Waals surface area (Å²) < 4.78 is 5.35. The van der Waals surface area contributed by atoms with Crippen LogP contribution in [0.1, 0.15) is 5.56 Å². The van der Waals surface area contributed by atoms with Gasteiger partial charge >= 0.3 is 0 Å². The van der Waals surface area contributed by atoms with Crippen LogP contribution in [0.2, 0.25) is 10.0 Å². The fraction of sp³-hybridized carbons (Fsp3) is 0.0526. The summed E-state index contributed by atoms with van der Waals surface area (Å²) >= 11 is 11.9. The molecule has 3 rings (SSSR count). The van der Waals surface area contributed by atoms with E-state index in [4.69, 9.17) is 27.9 Å². The fourth-order valence-corrected chi connectivity index (χ4v) is 2.65. The first-order valence-electron chi connectivity index (χ1n) is 7.51. The molecule has 0 bridgehead atoms. The average Bonchev–Trinajstić information content (AvgIpc) is 2.63. The summed E-state index contributed by atoms with van der Waals surface area (Å²) in [6, 6.07) is 18.8. The topological polar surface area (TPSA) is 50.7 Å². The number of carbonyl (C=O) groups is 1. The molecule has 3 aromatic rings. The van der Waals surface area contributed by atoms with Crippen LogP contribution in [0.25, 0.3) is 10.8 Å². The Morgan fingerprint density at radius 1 is 1.04 bits per heavy atom. The number of rotatable bonds is 5. The minimum atomic E-state index is -0.396. The molecule has 1 N–H and O–H groups in total. The monoisotopic (exact) mass is 372 g/mol. The van der Waals surface area contributed by atoms with E-state index in [1.165, 1.54) is 0 Å². The fourth-order valence-electron chi connectivity index (χ4n) is 2.31. The Morgan fingerprint density at radius 2 is 1.80 bits per heavy atom. The summed E-state index contributed by atoms with van der Waals surface area (Å²) in [6.07, 6.45) is 1.60. The van der Waals surface area contributed by atoms with Gasteiger partial charge in [0, 0.05) is 5.56 Å². The third-order valence-electron chi connectivity index (χ3n) is 3.49. The Bertz CT molecular complexity index is 936. The zero-order chi connectivity index (χ0) is 17.6. The lowest BCUT2D eigenvalue weighted by atomic mass is 10.1. The summed E-state index contributed by atoms with van der Waals surface area (Å²) in [5, 5.41) is 6.79. The molecule has 0 heterocycles. The predicted octanol–water partition coefficient (Wildman–Crippen LogP) is 4.68. The van der Waals surface area contributed by atoms with Gasteiger partial charge in [0.1, 0.15) is 10.8 Å². The molecule has 0 aromatic heterocycles. The molecule has 1 amide bonds. The first-order valence-corrected chi connectivity index (χ1v) is 8.27. The number of nitrogens with zero attached hydrogens (tertiary/aromatic N) is 1. The lowest BCUT2D eigenvalue weighted by Gasteiger charge is -2.07. The van der Waals surface area contributed by atoms with Gasteiger partial charge in [0.2, 0.25) is 0 Å². The molecule has 0 aliphatic carbocycles. The van der Waals surface area contributed by atoms with Crippen molar-refractivity contribution in [1.29, 1.82) is 0 Å². The Labute approximate surface area is 155 Å². The molecule has 0 unspecified atom stereocenters. The number of benzene rings is 3. The number of hydrogen-bond donors (Lipinski definition) is 1. The molecule has 0 fully saturated rings. The number of hydrogen-bond acceptors (Lipinski definition) is 3. The van der Waals surface area contributed by atoms with E-state index in [-0.39, 0.29) is 11.6 Å². The highest BCUT2D eigenvalue weighted by molar-refractivity contribution is 6.42. The minimum Gasteiger partial charge on any atom is -0.482 e. The van der Waals surface area contributed by atoms with E-state index in [1.807, 2.05) is 42.5 Å². The van der Waals surface area contributed by atoms with Crippen molar-refractivity contribution in [2.45, 2.75) is 0 Å². The van der Waals surface area contributed by atoms with Crippen LogP contribution in [0, 0.1) is 0 Å². The van der Waals surface area contributed by atoms with Gasteiger partial charge in [0.05, 0.1) is 11.2 Å². The van der Waals surface area contributed by atoms with Crippen LogP contribution in [0.5, 0.6) is 5.75 Å². The van der Waals surface area contributed by atoms with E-state index >= 15 is 0 Å². The number of halogens is 2. The van der Waals surface area contributed by atoms with E-state index in [2.05, 4.69) is 10.5 Å². The first-order chi connectivity index (χ1) is 12.1. The number of amides is 1. The Balaban J connectivity index is 1.60. The highest BCUT2D eigenvalue weighted by Gasteiger charge is 2.07. The molecule has 0 aliphatic heterocycles. The molecule has 0 atom stereocenters. The molecule has 25 heavy (non-hydrogen) atoms. The number of hydrazone groups is 1. The number of nitrogens with one attached hydrogen (secondary N) is 1. The van der Waals surface area contributed by atoms with Gasteiger partial charge in [-0.05, 0) is 22.9 Å². The lowest BCUT2D eigenvalue weighted by Crippen LogP contribution is -2.24. The summed E-state index contributed by atoms with van der Waals surface area (Å²) in [4.78, 5) is 11.8. The molecule has 0 spiro atoms. The third kappa shape index (κ3) is 4.29. The van der Waals surface area contributed by atoms with Gasteiger partial charge in [-0.2, -0.15) is 5.10 Å². The largest absolute Gasteiger partial charge is 0.482 e. The van der Waals surface area contributed by atoms with E-state index in [9.17, 15) is 4.79 Å². The van der Waals surface area contributed by atoms with Gasteiger partial charge < -0.3 is 4.74 Å². The average molecular weight is 373 g/mol. The van der Waals surface area contributed by atoms with Crippen molar-refractivity contribution in [2.75, 3.05) is 6.61 Å². The molecule has 6 heteroatoms. The molecule has 0 aliphatic rings. The van der Waals surface area contributed by atoms with Crippen molar-refractivity contribution in [3.63, 3.8) is 0 Å². The second-order valence-corrected chi connectivity index (χ2v) is 5.99. The highest BCUT2D eigenvalue weighted by atomic mass is 35.5. The number of ether oxygens (including phenoxy) is 1.